The monoisotopic (exact) mass is 337 g/mol. The minimum Gasteiger partial charge on any atom is -0.813 e. The Kier molecular flexibility index (Phi) is 19.1. The van der Waals surface area contributed by atoms with E-state index < -0.39 is 6.55 Å². The van der Waals surface area contributed by atoms with Crippen LogP contribution in [0.4, 0.5) is 0 Å². The highest BCUT2D eigenvalue weighted by Crippen LogP contribution is 2.54. The summed E-state index contributed by atoms with van der Waals surface area (Å²) >= 11 is 3.37. The van der Waals surface area contributed by atoms with Crippen LogP contribution in [0.2, 0.25) is 0 Å². The van der Waals surface area contributed by atoms with Gasteiger partial charge in [-0.05, 0) is 24.3 Å². The summed E-state index contributed by atoms with van der Waals surface area (Å²) in [5.41, 5.74) is 0. The lowest BCUT2D eigenvalue weighted by Crippen LogP contribution is -1.90. The summed E-state index contributed by atoms with van der Waals surface area (Å²) in [4.78, 5) is 11.8. The molecule has 1 nitrogen and oxygen atoms in total. The van der Waals surface area contributed by atoms with Crippen molar-refractivity contribution in [2.45, 2.75) is 90.9 Å². The van der Waals surface area contributed by atoms with Gasteiger partial charge in [0.2, 0.25) is 0 Å². The first-order valence-corrected chi connectivity index (χ1v) is 13.0. The predicted molar refractivity (Wildman–Crippen MR) is 98.6 cm³/mol. The molecule has 0 amide bonds. The van der Waals surface area contributed by atoms with Gasteiger partial charge in [0.05, 0.1) is 0 Å². The van der Waals surface area contributed by atoms with Crippen LogP contribution in [-0.4, -0.2) is 11.5 Å². The maximum Gasteiger partial charge on any atom is -0.00297 e. The van der Waals surface area contributed by atoms with Gasteiger partial charge >= 0.3 is 0 Å². The quantitative estimate of drug-likeness (QED) is 0.229. The summed E-state index contributed by atoms with van der Waals surface area (Å²) in [5.74, 6) is 2.18. The maximum absolute atomic E-state index is 11.8. The van der Waals surface area contributed by atoms with Crippen LogP contribution < -0.4 is 4.89 Å². The largest absolute Gasteiger partial charge is 0.813 e. The van der Waals surface area contributed by atoms with E-state index in [4.69, 9.17) is 0 Å². The summed E-state index contributed by atoms with van der Waals surface area (Å²) in [6.07, 6.45) is 16.0. The molecule has 122 valence electrons. The zero-order valence-corrected chi connectivity index (χ0v) is 16.1. The summed E-state index contributed by atoms with van der Waals surface area (Å²) in [5, 5.41) is 0. The molecule has 0 aliphatic heterocycles. The van der Waals surface area contributed by atoms with Crippen molar-refractivity contribution in [2.24, 2.45) is 0 Å². The van der Waals surface area contributed by atoms with Crippen LogP contribution in [0.3, 0.4) is 0 Å². The van der Waals surface area contributed by atoms with E-state index in [-0.39, 0.29) is 0 Å². The Morgan fingerprint density at radius 2 is 0.950 bits per heavy atom. The second-order valence-electron chi connectivity index (χ2n) is 5.43. The Hall–Kier alpha value is 1.09. The topological polar surface area (TPSA) is 23.1 Å². The Morgan fingerprint density at radius 1 is 0.600 bits per heavy atom. The SMILES string of the molecule is CCCCCCCCSP([O-])SCCCCCCCC. The van der Waals surface area contributed by atoms with Crippen LogP contribution in [0.1, 0.15) is 90.9 Å². The van der Waals surface area contributed by atoms with Gasteiger partial charge in [0.1, 0.15) is 0 Å². The number of hydrogen-bond acceptors (Lipinski definition) is 3. The molecule has 0 spiro atoms. The van der Waals surface area contributed by atoms with E-state index in [0.717, 1.165) is 11.5 Å². The first-order chi connectivity index (χ1) is 9.81. The van der Waals surface area contributed by atoms with Crippen molar-refractivity contribution < 1.29 is 4.89 Å². The van der Waals surface area contributed by atoms with Gasteiger partial charge in [0.15, 0.2) is 0 Å². The van der Waals surface area contributed by atoms with Crippen molar-refractivity contribution in [3.05, 3.63) is 0 Å². The lowest BCUT2D eigenvalue weighted by atomic mass is 10.1. The van der Waals surface area contributed by atoms with E-state index in [2.05, 4.69) is 13.8 Å². The number of unbranched alkanes of at least 4 members (excludes halogenated alkanes) is 10. The van der Waals surface area contributed by atoms with Crippen molar-refractivity contribution in [1.29, 1.82) is 0 Å². The molecule has 0 saturated heterocycles. The van der Waals surface area contributed by atoms with Gasteiger partial charge in [-0.25, -0.2) is 0 Å². The molecule has 0 heterocycles. The number of hydrogen-bond donors (Lipinski definition) is 0. The van der Waals surface area contributed by atoms with Gasteiger partial charge in [-0.3, -0.25) is 0 Å². The van der Waals surface area contributed by atoms with Gasteiger partial charge in [-0.2, -0.15) is 0 Å². The molecule has 0 fully saturated rings. The molecule has 0 aromatic carbocycles. The normalized spacial score (nSPS) is 11.4. The molecule has 0 unspecified atom stereocenters. The average molecular weight is 338 g/mol. The fraction of sp³-hybridized carbons (Fsp3) is 1.00. The highest BCUT2D eigenvalue weighted by atomic mass is 33.1. The fourth-order valence-electron chi connectivity index (χ4n) is 2.08. The third-order valence-electron chi connectivity index (χ3n) is 3.39. The van der Waals surface area contributed by atoms with Crippen molar-refractivity contribution in [2.75, 3.05) is 11.5 Å². The predicted octanol–water partition coefficient (Wildman–Crippen LogP) is 6.76. The minimum atomic E-state index is -1.05. The molecule has 0 radical (unpaired) electrons. The average Bonchev–Trinajstić information content (AvgIpc) is 2.45. The number of rotatable bonds is 16. The second-order valence-corrected chi connectivity index (χ2v) is 11.4. The van der Waals surface area contributed by atoms with Crippen molar-refractivity contribution in [3.8, 4) is 0 Å². The Morgan fingerprint density at radius 3 is 1.35 bits per heavy atom. The van der Waals surface area contributed by atoms with Gasteiger partial charge in [0, 0.05) is 0 Å². The van der Waals surface area contributed by atoms with Crippen LogP contribution >= 0.6 is 29.3 Å². The van der Waals surface area contributed by atoms with E-state index in [1.165, 1.54) is 77.0 Å². The molecule has 0 aromatic rings. The van der Waals surface area contributed by atoms with Gasteiger partial charge in [0.25, 0.3) is 0 Å². The minimum absolute atomic E-state index is 1.05. The van der Waals surface area contributed by atoms with Crippen LogP contribution in [0.5, 0.6) is 0 Å². The molecule has 20 heavy (non-hydrogen) atoms. The Balaban J connectivity index is 3.11. The highest BCUT2D eigenvalue weighted by Gasteiger charge is 1.97. The molecular formula is C16H34OPS2-. The molecule has 0 aliphatic carbocycles. The lowest BCUT2D eigenvalue weighted by molar-refractivity contribution is -0.147. The summed E-state index contributed by atoms with van der Waals surface area (Å²) in [6, 6.07) is 0. The molecular weight excluding hydrogens is 303 g/mol. The molecule has 0 rings (SSSR count). The zero-order valence-electron chi connectivity index (χ0n) is 13.6. The first kappa shape index (κ1) is 21.1. The van der Waals surface area contributed by atoms with E-state index in [1.807, 2.05) is 0 Å². The summed E-state index contributed by atoms with van der Waals surface area (Å²) in [6.45, 7) is 3.45. The molecule has 0 aliphatic rings. The van der Waals surface area contributed by atoms with Crippen LogP contribution in [0, 0.1) is 0 Å². The van der Waals surface area contributed by atoms with Crippen molar-refractivity contribution in [3.63, 3.8) is 0 Å². The standard InChI is InChI=1S/C16H34OPS2/c1-3-5-7-9-11-13-15-19-18(17)20-16-14-12-10-8-6-4-2/h3-16H2,1-2H3/q-1. The Bertz CT molecular complexity index is 164. The molecule has 0 atom stereocenters. The molecule has 0 bridgehead atoms. The third kappa shape index (κ3) is 17.1. The molecule has 0 saturated carbocycles. The molecule has 4 heteroatoms. The van der Waals surface area contributed by atoms with Gasteiger partial charge in [-0.15, -0.1) is 22.8 Å². The van der Waals surface area contributed by atoms with Gasteiger partial charge < -0.3 is 4.89 Å². The second kappa shape index (κ2) is 18.1. The Labute approximate surface area is 136 Å². The van der Waals surface area contributed by atoms with E-state index in [9.17, 15) is 4.89 Å². The first-order valence-electron chi connectivity index (χ1n) is 8.54. The lowest BCUT2D eigenvalue weighted by Gasteiger charge is -2.21. The van der Waals surface area contributed by atoms with Crippen molar-refractivity contribution >= 4 is 29.3 Å². The summed E-state index contributed by atoms with van der Waals surface area (Å²) in [7, 11) is 0. The van der Waals surface area contributed by atoms with Crippen molar-refractivity contribution in [1.82, 2.24) is 0 Å². The van der Waals surface area contributed by atoms with E-state index >= 15 is 0 Å². The smallest absolute Gasteiger partial charge is 0.00297 e. The maximum atomic E-state index is 11.8. The van der Waals surface area contributed by atoms with Gasteiger partial charge in [-0.1, -0.05) is 84.6 Å². The van der Waals surface area contributed by atoms with E-state index in [1.54, 1.807) is 22.8 Å². The van der Waals surface area contributed by atoms with Crippen LogP contribution in [-0.2, 0) is 0 Å². The zero-order chi connectivity index (χ0) is 14.9. The highest BCUT2D eigenvalue weighted by molar-refractivity contribution is 8.86. The third-order valence-corrected chi connectivity index (χ3v) is 9.01. The molecule has 0 aromatic heterocycles. The summed E-state index contributed by atoms with van der Waals surface area (Å²) < 4.78 is 0. The fourth-order valence-corrected chi connectivity index (χ4v) is 7.02. The van der Waals surface area contributed by atoms with E-state index in [0.29, 0.717) is 0 Å². The molecule has 0 N–H and O–H groups in total. The van der Waals surface area contributed by atoms with Crippen LogP contribution in [0.25, 0.3) is 0 Å². The van der Waals surface area contributed by atoms with Crippen LogP contribution in [0.15, 0.2) is 0 Å².